The van der Waals surface area contributed by atoms with Crippen molar-refractivity contribution in [3.63, 3.8) is 0 Å². The van der Waals surface area contributed by atoms with Crippen LogP contribution in [0.4, 0.5) is 4.79 Å². The number of pyridine rings is 1. The number of hydrogen-bond acceptors (Lipinski definition) is 9. The molecule has 5 rings (SSSR count). The second-order valence-electron chi connectivity index (χ2n) is 12.4. The zero-order valence-electron chi connectivity index (χ0n) is 27.2. The number of nitrogens with one attached hydrogen (secondary N) is 2. The molecule has 2 saturated heterocycles. The lowest BCUT2D eigenvalue weighted by Gasteiger charge is -2.35. The number of amides is 5. The van der Waals surface area contributed by atoms with Gasteiger partial charge in [-0.15, -0.1) is 0 Å². The number of carbonyl (C=O) groups excluding carboxylic acids is 5. The molecule has 15 heteroatoms. The fourth-order valence-corrected chi connectivity index (χ4v) is 5.94. The largest absolute Gasteiger partial charge is 0.483 e. The van der Waals surface area contributed by atoms with Crippen molar-refractivity contribution in [1.29, 1.82) is 0 Å². The number of ether oxygens (including phenoxy) is 2. The molecular formula is C33H42N6O9. The molecule has 2 atom stereocenters. The van der Waals surface area contributed by atoms with Gasteiger partial charge < -0.3 is 39.9 Å². The quantitative estimate of drug-likeness (QED) is 0.298. The predicted molar refractivity (Wildman–Crippen MR) is 171 cm³/mol. The number of piperazine rings is 1. The Labute approximate surface area is 277 Å². The van der Waals surface area contributed by atoms with Crippen LogP contribution in [-0.2, 0) is 23.9 Å². The van der Waals surface area contributed by atoms with Crippen LogP contribution in [0.5, 0.6) is 5.75 Å². The number of nitrogens with zero attached hydrogens (tertiary/aromatic N) is 4. The van der Waals surface area contributed by atoms with E-state index in [1.54, 1.807) is 19.1 Å². The molecule has 3 N–H and O–H groups in total. The number of carbonyl (C=O) groups is 6. The molecule has 1 saturated carbocycles. The van der Waals surface area contributed by atoms with Crippen molar-refractivity contribution >= 4 is 46.6 Å². The number of fused-ring (bicyclic) bond motifs is 1. The maximum absolute atomic E-state index is 13.5. The van der Waals surface area contributed by atoms with Gasteiger partial charge in [-0.1, -0.05) is 6.07 Å². The summed E-state index contributed by atoms with van der Waals surface area (Å²) in [5, 5.41) is 15.6. The van der Waals surface area contributed by atoms with Crippen LogP contribution in [0.2, 0.25) is 0 Å². The minimum Gasteiger partial charge on any atom is -0.483 e. The van der Waals surface area contributed by atoms with Crippen molar-refractivity contribution in [2.45, 2.75) is 58.0 Å². The topological polar surface area (TPSA) is 188 Å². The zero-order valence-corrected chi connectivity index (χ0v) is 27.2. The highest BCUT2D eigenvalue weighted by molar-refractivity contribution is 6.00. The maximum Gasteiger partial charge on any atom is 0.409 e. The van der Waals surface area contributed by atoms with Crippen LogP contribution in [-0.4, -0.2) is 125 Å². The number of carboxylic acids is 1. The molecular weight excluding hydrogens is 624 g/mol. The van der Waals surface area contributed by atoms with Crippen molar-refractivity contribution in [3.8, 4) is 5.75 Å². The van der Waals surface area contributed by atoms with Crippen molar-refractivity contribution in [2.75, 3.05) is 52.5 Å². The van der Waals surface area contributed by atoms with Gasteiger partial charge in [-0.05, 0) is 63.1 Å². The Balaban J connectivity index is 1.28. The van der Waals surface area contributed by atoms with Crippen molar-refractivity contribution in [1.82, 2.24) is 30.3 Å². The van der Waals surface area contributed by atoms with E-state index in [-0.39, 0.29) is 62.7 Å². The summed E-state index contributed by atoms with van der Waals surface area (Å²) in [6.45, 7) is 5.12. The summed E-state index contributed by atoms with van der Waals surface area (Å²) >= 11 is 0. The third-order valence-electron chi connectivity index (χ3n) is 8.75. The van der Waals surface area contributed by atoms with Gasteiger partial charge in [0.05, 0.1) is 18.5 Å². The Kier molecular flexibility index (Phi) is 11.0. The molecule has 1 aliphatic carbocycles. The van der Waals surface area contributed by atoms with Gasteiger partial charge in [-0.2, -0.15) is 0 Å². The van der Waals surface area contributed by atoms with Crippen LogP contribution < -0.4 is 15.4 Å². The third-order valence-corrected chi connectivity index (χ3v) is 8.75. The first-order valence-corrected chi connectivity index (χ1v) is 16.4. The highest BCUT2D eigenvalue weighted by atomic mass is 16.6. The number of likely N-dealkylation sites (tertiary alicyclic amines) is 1. The minimum absolute atomic E-state index is 0.135. The first kappa shape index (κ1) is 34.4. The summed E-state index contributed by atoms with van der Waals surface area (Å²) in [5.41, 5.74) is 1.12. The van der Waals surface area contributed by atoms with Crippen molar-refractivity contribution in [2.24, 2.45) is 5.92 Å². The second-order valence-corrected chi connectivity index (χ2v) is 12.4. The average Bonchev–Trinajstić information content (AvgIpc) is 3.77. The third kappa shape index (κ3) is 8.49. The summed E-state index contributed by atoms with van der Waals surface area (Å²) in [5.74, 6) is -2.50. The number of carboxylic acid groups (broad SMARTS) is 1. The van der Waals surface area contributed by atoms with E-state index in [0.29, 0.717) is 42.8 Å². The lowest BCUT2D eigenvalue weighted by Crippen LogP contribution is -2.56. The smallest absolute Gasteiger partial charge is 0.409 e. The zero-order chi connectivity index (χ0) is 34.4. The molecule has 0 bridgehead atoms. The molecule has 0 spiro atoms. The number of aliphatic carboxylic acids is 1. The van der Waals surface area contributed by atoms with Crippen LogP contribution in [0.3, 0.4) is 0 Å². The fraction of sp³-hybridized carbons (Fsp3) is 0.545. The molecule has 2 aromatic rings. The van der Waals surface area contributed by atoms with Gasteiger partial charge in [0.25, 0.3) is 11.8 Å². The molecule has 5 amide bonds. The summed E-state index contributed by atoms with van der Waals surface area (Å²) in [4.78, 5) is 85.5. The van der Waals surface area contributed by atoms with Crippen molar-refractivity contribution < 1.29 is 43.3 Å². The van der Waals surface area contributed by atoms with E-state index in [4.69, 9.17) is 9.47 Å². The van der Waals surface area contributed by atoms with Gasteiger partial charge in [0.15, 0.2) is 6.61 Å². The van der Waals surface area contributed by atoms with Gasteiger partial charge in [-0.25, -0.2) is 9.78 Å². The van der Waals surface area contributed by atoms with E-state index in [9.17, 15) is 33.9 Å². The van der Waals surface area contributed by atoms with Crippen LogP contribution in [0.25, 0.3) is 10.9 Å². The van der Waals surface area contributed by atoms with Gasteiger partial charge in [0.2, 0.25) is 11.8 Å². The molecule has 15 nitrogen and oxygen atoms in total. The second kappa shape index (κ2) is 15.3. The highest BCUT2D eigenvalue weighted by Crippen LogP contribution is 2.29. The van der Waals surface area contributed by atoms with Gasteiger partial charge in [0, 0.05) is 50.7 Å². The van der Waals surface area contributed by atoms with E-state index in [1.165, 1.54) is 20.8 Å². The van der Waals surface area contributed by atoms with E-state index < -0.39 is 42.4 Å². The van der Waals surface area contributed by atoms with E-state index in [1.807, 2.05) is 13.0 Å². The van der Waals surface area contributed by atoms with Crippen LogP contribution in [0.1, 0.15) is 55.1 Å². The molecule has 48 heavy (non-hydrogen) atoms. The van der Waals surface area contributed by atoms with Gasteiger partial charge >= 0.3 is 12.1 Å². The summed E-state index contributed by atoms with van der Waals surface area (Å²) in [7, 11) is 0. The molecule has 3 fully saturated rings. The number of aromatic nitrogens is 1. The maximum atomic E-state index is 13.5. The summed E-state index contributed by atoms with van der Waals surface area (Å²) < 4.78 is 11.0. The SMILES string of the molecule is CCOC(=O)N1CCN(C(=O)C(CC(=O)O)NC(=O)c2cc(OCC(=O)N3CCCC3C(=O)NCC3CC3)c3ccc(C)cc3n2)CC1. The van der Waals surface area contributed by atoms with Crippen molar-refractivity contribution in [3.05, 3.63) is 35.5 Å². The monoisotopic (exact) mass is 666 g/mol. The Hall–Kier alpha value is -4.95. The normalized spacial score (nSPS) is 18.3. The fourth-order valence-electron chi connectivity index (χ4n) is 5.94. The molecule has 1 aromatic carbocycles. The molecule has 258 valence electrons. The Morgan fingerprint density at radius 1 is 1.00 bits per heavy atom. The van der Waals surface area contributed by atoms with E-state index in [2.05, 4.69) is 15.6 Å². The number of hydrogen-bond donors (Lipinski definition) is 3. The first-order valence-electron chi connectivity index (χ1n) is 16.4. The van der Waals surface area contributed by atoms with E-state index in [0.717, 1.165) is 18.4 Å². The number of rotatable bonds is 12. The number of benzene rings is 1. The molecule has 2 unspecified atom stereocenters. The highest BCUT2D eigenvalue weighted by Gasteiger charge is 2.36. The lowest BCUT2D eigenvalue weighted by molar-refractivity contribution is -0.143. The molecule has 1 aromatic heterocycles. The van der Waals surface area contributed by atoms with Crippen LogP contribution >= 0.6 is 0 Å². The average molecular weight is 667 g/mol. The Morgan fingerprint density at radius 3 is 2.42 bits per heavy atom. The lowest BCUT2D eigenvalue weighted by atomic mass is 10.1. The van der Waals surface area contributed by atoms with Crippen LogP contribution in [0, 0.1) is 12.8 Å². The van der Waals surface area contributed by atoms with Gasteiger partial charge in [0.1, 0.15) is 23.5 Å². The number of aryl methyl sites for hydroxylation is 1. The molecule has 3 heterocycles. The molecule has 2 aliphatic heterocycles. The first-order chi connectivity index (χ1) is 23.0. The molecule has 3 aliphatic rings. The minimum atomic E-state index is -1.40. The Morgan fingerprint density at radius 2 is 1.73 bits per heavy atom. The predicted octanol–water partition coefficient (Wildman–Crippen LogP) is 1.31. The summed E-state index contributed by atoms with van der Waals surface area (Å²) in [6, 6.07) is 4.73. The van der Waals surface area contributed by atoms with Crippen LogP contribution in [0.15, 0.2) is 24.3 Å². The molecule has 0 radical (unpaired) electrons. The summed E-state index contributed by atoms with van der Waals surface area (Å²) in [6.07, 6.45) is 2.32. The standard InChI is InChI=1S/C33H42N6O9/c1-3-47-33(46)38-13-11-37(12-14-38)32(45)25(17-29(41)42)36-30(43)24-16-27(22-9-6-20(2)15-23(22)35-24)48-19-28(40)39-10-4-5-26(39)31(44)34-18-21-7-8-21/h6,9,15-16,21,25-26H,3-5,7-8,10-14,17-19H2,1-2H3,(H,34,44)(H,36,43)(H,41,42). The Bertz CT molecular complexity index is 1570. The van der Waals surface area contributed by atoms with E-state index >= 15 is 0 Å². The van der Waals surface area contributed by atoms with Gasteiger partial charge in [-0.3, -0.25) is 24.0 Å².